The zero-order valence-electron chi connectivity index (χ0n) is 16.6. The third kappa shape index (κ3) is 4.56. The fourth-order valence-corrected chi connectivity index (χ4v) is 3.94. The molecule has 3 rings (SSSR count). The molecule has 0 aliphatic carbocycles. The summed E-state index contributed by atoms with van der Waals surface area (Å²) in [6, 6.07) is 3.55. The topological polar surface area (TPSA) is 110 Å². The number of rotatable bonds is 4. The van der Waals surface area contributed by atoms with E-state index in [0.29, 0.717) is 37.7 Å². The number of nitrogens with zero attached hydrogens (tertiary/aromatic N) is 5. The molecule has 0 saturated carbocycles. The van der Waals surface area contributed by atoms with Crippen LogP contribution in [0.25, 0.3) is 5.95 Å². The molecule has 0 radical (unpaired) electrons. The number of anilines is 1. The first-order valence-electron chi connectivity index (χ1n) is 9.19. The van der Waals surface area contributed by atoms with Crippen LogP contribution in [-0.2, 0) is 20.2 Å². The standard InChI is InChI=1S/C18H26N6O3S/c1-18(2,3)14-12-15(24(22-14)17-19-8-5-9-20-17)21-16(25)13-6-10-23(11-7-13)28(4,26)27/h5,8-9,12-13H,6-7,10-11H2,1-4H3,(H,21,25). The fourth-order valence-electron chi connectivity index (χ4n) is 3.07. The monoisotopic (exact) mass is 406 g/mol. The smallest absolute Gasteiger partial charge is 0.252 e. The number of carbonyl (C=O) groups excluding carboxylic acids is 1. The molecule has 1 saturated heterocycles. The van der Waals surface area contributed by atoms with Gasteiger partial charge in [-0.15, -0.1) is 0 Å². The van der Waals surface area contributed by atoms with E-state index >= 15 is 0 Å². The van der Waals surface area contributed by atoms with Crippen molar-refractivity contribution in [3.05, 3.63) is 30.2 Å². The fraction of sp³-hybridized carbons (Fsp3) is 0.556. The third-order valence-electron chi connectivity index (χ3n) is 4.76. The molecule has 9 nitrogen and oxygen atoms in total. The second-order valence-corrected chi connectivity index (χ2v) is 10.0. The summed E-state index contributed by atoms with van der Waals surface area (Å²) in [5.41, 5.74) is 0.600. The van der Waals surface area contributed by atoms with Crippen molar-refractivity contribution in [3.8, 4) is 5.95 Å². The van der Waals surface area contributed by atoms with E-state index in [1.165, 1.54) is 15.2 Å². The Morgan fingerprint density at radius 3 is 2.32 bits per heavy atom. The predicted molar refractivity (Wildman–Crippen MR) is 106 cm³/mol. The highest BCUT2D eigenvalue weighted by molar-refractivity contribution is 7.88. The summed E-state index contributed by atoms with van der Waals surface area (Å²) < 4.78 is 26.2. The molecule has 28 heavy (non-hydrogen) atoms. The summed E-state index contributed by atoms with van der Waals surface area (Å²) >= 11 is 0. The van der Waals surface area contributed by atoms with Gasteiger partial charge in [-0.25, -0.2) is 22.7 Å². The van der Waals surface area contributed by atoms with Crippen LogP contribution in [0.5, 0.6) is 0 Å². The molecular formula is C18H26N6O3S. The van der Waals surface area contributed by atoms with Crippen molar-refractivity contribution in [1.82, 2.24) is 24.1 Å². The first-order chi connectivity index (χ1) is 13.1. The number of piperidine rings is 1. The van der Waals surface area contributed by atoms with Crippen molar-refractivity contribution in [2.24, 2.45) is 5.92 Å². The van der Waals surface area contributed by atoms with Crippen molar-refractivity contribution in [3.63, 3.8) is 0 Å². The molecule has 2 aromatic heterocycles. The van der Waals surface area contributed by atoms with E-state index in [1.54, 1.807) is 18.5 Å². The molecule has 1 fully saturated rings. The maximum Gasteiger partial charge on any atom is 0.252 e. The first kappa shape index (κ1) is 20.4. The Hall–Kier alpha value is -2.33. The Labute approximate surface area is 165 Å². The Kier molecular flexibility index (Phi) is 5.53. The highest BCUT2D eigenvalue weighted by atomic mass is 32.2. The average Bonchev–Trinajstić information content (AvgIpc) is 3.06. The van der Waals surface area contributed by atoms with Crippen LogP contribution in [0.3, 0.4) is 0 Å². The van der Waals surface area contributed by atoms with E-state index in [9.17, 15) is 13.2 Å². The second-order valence-electron chi connectivity index (χ2n) is 8.05. The number of amides is 1. The average molecular weight is 407 g/mol. The lowest BCUT2D eigenvalue weighted by molar-refractivity contribution is -0.120. The Bertz CT molecular complexity index is 941. The summed E-state index contributed by atoms with van der Waals surface area (Å²) in [5.74, 6) is 0.480. The van der Waals surface area contributed by atoms with E-state index < -0.39 is 10.0 Å². The van der Waals surface area contributed by atoms with Crippen LogP contribution in [0.4, 0.5) is 5.82 Å². The van der Waals surface area contributed by atoms with Gasteiger partial charge in [0, 0.05) is 42.9 Å². The summed E-state index contributed by atoms with van der Waals surface area (Å²) in [6.07, 6.45) is 5.41. The van der Waals surface area contributed by atoms with Gasteiger partial charge in [0.1, 0.15) is 5.82 Å². The Morgan fingerprint density at radius 2 is 1.79 bits per heavy atom. The van der Waals surface area contributed by atoms with Crippen LogP contribution >= 0.6 is 0 Å². The second kappa shape index (κ2) is 7.59. The number of nitrogens with one attached hydrogen (secondary N) is 1. The number of sulfonamides is 1. The van der Waals surface area contributed by atoms with Gasteiger partial charge in [0.2, 0.25) is 15.9 Å². The SMILES string of the molecule is CC(C)(C)c1cc(NC(=O)C2CCN(S(C)(=O)=O)CC2)n(-c2ncccn2)n1. The Balaban J connectivity index is 1.80. The van der Waals surface area contributed by atoms with Gasteiger partial charge >= 0.3 is 0 Å². The molecule has 152 valence electrons. The van der Waals surface area contributed by atoms with Gasteiger partial charge in [0.15, 0.2) is 0 Å². The van der Waals surface area contributed by atoms with Crippen molar-refractivity contribution >= 4 is 21.7 Å². The predicted octanol–water partition coefficient (Wildman–Crippen LogP) is 1.57. The summed E-state index contributed by atoms with van der Waals surface area (Å²) in [4.78, 5) is 21.3. The molecule has 0 atom stereocenters. The minimum absolute atomic E-state index is 0.148. The van der Waals surface area contributed by atoms with Gasteiger partial charge in [-0.3, -0.25) is 4.79 Å². The van der Waals surface area contributed by atoms with Gasteiger partial charge in [0.05, 0.1) is 11.9 Å². The van der Waals surface area contributed by atoms with Gasteiger partial charge < -0.3 is 5.32 Å². The number of hydrogen-bond donors (Lipinski definition) is 1. The largest absolute Gasteiger partial charge is 0.310 e. The summed E-state index contributed by atoms with van der Waals surface area (Å²) in [6.45, 7) is 6.82. The van der Waals surface area contributed by atoms with Crippen LogP contribution in [-0.4, -0.2) is 57.7 Å². The molecule has 1 amide bonds. The van der Waals surface area contributed by atoms with E-state index in [4.69, 9.17) is 0 Å². The molecule has 10 heteroatoms. The summed E-state index contributed by atoms with van der Waals surface area (Å²) in [7, 11) is -3.22. The van der Waals surface area contributed by atoms with Gasteiger partial charge in [-0.2, -0.15) is 9.78 Å². The molecule has 0 unspecified atom stereocenters. The molecule has 1 aliphatic rings. The van der Waals surface area contributed by atoms with Crippen LogP contribution in [0.15, 0.2) is 24.5 Å². The van der Waals surface area contributed by atoms with E-state index in [0.717, 1.165) is 5.69 Å². The molecule has 1 aliphatic heterocycles. The van der Waals surface area contributed by atoms with Crippen LogP contribution in [0.1, 0.15) is 39.3 Å². The minimum Gasteiger partial charge on any atom is -0.310 e. The lowest BCUT2D eigenvalue weighted by Gasteiger charge is -2.29. The third-order valence-corrected chi connectivity index (χ3v) is 6.07. The van der Waals surface area contributed by atoms with E-state index in [-0.39, 0.29) is 17.2 Å². The molecular weight excluding hydrogens is 380 g/mol. The van der Waals surface area contributed by atoms with Crippen LogP contribution in [0, 0.1) is 5.92 Å². The Morgan fingerprint density at radius 1 is 1.18 bits per heavy atom. The van der Waals surface area contributed by atoms with Gasteiger partial charge in [0.25, 0.3) is 5.95 Å². The first-order valence-corrected chi connectivity index (χ1v) is 11.0. The number of carbonyl (C=O) groups is 1. The van der Waals surface area contributed by atoms with E-state index in [2.05, 4.69) is 20.4 Å². The van der Waals surface area contributed by atoms with Gasteiger partial charge in [-0.05, 0) is 18.9 Å². The quantitative estimate of drug-likeness (QED) is 0.825. The van der Waals surface area contributed by atoms with Crippen molar-refractivity contribution < 1.29 is 13.2 Å². The van der Waals surface area contributed by atoms with Crippen molar-refractivity contribution in [2.75, 3.05) is 24.7 Å². The highest BCUT2D eigenvalue weighted by Gasteiger charge is 2.30. The van der Waals surface area contributed by atoms with Crippen LogP contribution in [0.2, 0.25) is 0 Å². The van der Waals surface area contributed by atoms with Gasteiger partial charge in [-0.1, -0.05) is 20.8 Å². The minimum atomic E-state index is -3.22. The summed E-state index contributed by atoms with van der Waals surface area (Å²) in [5, 5.41) is 7.52. The lowest BCUT2D eigenvalue weighted by atomic mass is 9.92. The number of aromatic nitrogens is 4. The molecule has 0 aromatic carbocycles. The lowest BCUT2D eigenvalue weighted by Crippen LogP contribution is -2.41. The zero-order valence-corrected chi connectivity index (χ0v) is 17.4. The normalized spacial score (nSPS) is 16.9. The van der Waals surface area contributed by atoms with E-state index in [1.807, 2.05) is 26.8 Å². The molecule has 0 spiro atoms. The molecule has 1 N–H and O–H groups in total. The van der Waals surface area contributed by atoms with Crippen molar-refractivity contribution in [1.29, 1.82) is 0 Å². The highest BCUT2D eigenvalue weighted by Crippen LogP contribution is 2.27. The molecule has 3 heterocycles. The zero-order chi connectivity index (χ0) is 20.5. The number of hydrogen-bond acceptors (Lipinski definition) is 6. The maximum absolute atomic E-state index is 12.8. The van der Waals surface area contributed by atoms with Crippen molar-refractivity contribution in [2.45, 2.75) is 39.0 Å². The molecule has 0 bridgehead atoms. The molecule has 2 aromatic rings. The maximum atomic E-state index is 12.8. The van der Waals surface area contributed by atoms with Crippen LogP contribution < -0.4 is 5.32 Å².